The van der Waals surface area contributed by atoms with Gasteiger partial charge in [-0.2, -0.15) is 0 Å². The summed E-state index contributed by atoms with van der Waals surface area (Å²) >= 11 is 0. The van der Waals surface area contributed by atoms with Gasteiger partial charge < -0.3 is 5.32 Å². The number of likely N-dealkylation sites (N-methyl/N-ethyl adjacent to an activating group) is 1. The molecule has 1 aromatic rings. The van der Waals surface area contributed by atoms with Crippen molar-refractivity contribution in [2.45, 2.75) is 33.1 Å². The predicted molar refractivity (Wildman–Crippen MR) is 76.9 cm³/mol. The average Bonchev–Trinajstić information content (AvgIpc) is 2.36. The lowest BCUT2D eigenvalue weighted by molar-refractivity contribution is -0.117. The van der Waals surface area contributed by atoms with E-state index in [0.29, 0.717) is 6.54 Å². The van der Waals surface area contributed by atoms with E-state index in [9.17, 15) is 4.79 Å². The predicted octanol–water partition coefficient (Wildman–Crippen LogP) is 2.92. The van der Waals surface area contributed by atoms with E-state index in [1.54, 1.807) is 0 Å². The Balaban J connectivity index is 2.43. The minimum atomic E-state index is 0.0573. The van der Waals surface area contributed by atoms with E-state index in [1.807, 2.05) is 25.2 Å². The molecule has 0 saturated heterocycles. The summed E-state index contributed by atoms with van der Waals surface area (Å²) < 4.78 is 0. The number of hydrogen-bond donors (Lipinski definition) is 1. The van der Waals surface area contributed by atoms with Gasteiger partial charge in [0, 0.05) is 5.69 Å². The second kappa shape index (κ2) is 7.88. The molecule has 0 aliphatic rings. The van der Waals surface area contributed by atoms with Crippen molar-refractivity contribution in [2.75, 3.05) is 25.5 Å². The van der Waals surface area contributed by atoms with Gasteiger partial charge in [-0.15, -0.1) is 0 Å². The van der Waals surface area contributed by atoms with Crippen LogP contribution in [0.1, 0.15) is 32.3 Å². The second-order valence-electron chi connectivity index (χ2n) is 4.69. The van der Waals surface area contributed by atoms with Gasteiger partial charge in [-0.1, -0.05) is 32.4 Å². The summed E-state index contributed by atoms with van der Waals surface area (Å²) in [5, 5.41) is 2.94. The number of carbonyl (C=O) groups is 1. The van der Waals surface area contributed by atoms with E-state index in [1.165, 1.54) is 5.56 Å². The molecule has 0 aromatic heterocycles. The van der Waals surface area contributed by atoms with Crippen LogP contribution >= 0.6 is 0 Å². The number of unbranched alkanes of at least 4 members (excludes halogenated alkanes) is 1. The molecule has 0 aliphatic carbocycles. The normalized spacial score (nSPS) is 10.7. The number of rotatable bonds is 7. The molecule has 1 amide bonds. The van der Waals surface area contributed by atoms with Crippen LogP contribution in [0.15, 0.2) is 24.3 Å². The molecule has 3 nitrogen and oxygen atoms in total. The molecule has 0 heterocycles. The van der Waals surface area contributed by atoms with Crippen molar-refractivity contribution in [1.82, 2.24) is 4.90 Å². The maximum Gasteiger partial charge on any atom is 0.238 e. The molecule has 0 atom stereocenters. The van der Waals surface area contributed by atoms with Gasteiger partial charge in [0.1, 0.15) is 0 Å². The van der Waals surface area contributed by atoms with E-state index in [-0.39, 0.29) is 5.91 Å². The SMILES string of the molecule is CCCCN(C)CC(=O)Nc1cccc(CC)c1. The molecule has 1 N–H and O–H groups in total. The molecule has 0 radical (unpaired) electrons. The zero-order chi connectivity index (χ0) is 13.4. The monoisotopic (exact) mass is 248 g/mol. The topological polar surface area (TPSA) is 32.3 Å². The van der Waals surface area contributed by atoms with Gasteiger partial charge in [-0.25, -0.2) is 0 Å². The van der Waals surface area contributed by atoms with Gasteiger partial charge in [0.15, 0.2) is 0 Å². The number of anilines is 1. The van der Waals surface area contributed by atoms with E-state index in [0.717, 1.165) is 31.5 Å². The van der Waals surface area contributed by atoms with Crippen molar-refractivity contribution in [1.29, 1.82) is 0 Å². The van der Waals surface area contributed by atoms with Crippen molar-refractivity contribution in [3.63, 3.8) is 0 Å². The summed E-state index contributed by atoms with van der Waals surface area (Å²) in [5.41, 5.74) is 2.13. The molecule has 1 rings (SSSR count). The fraction of sp³-hybridized carbons (Fsp3) is 0.533. The zero-order valence-electron chi connectivity index (χ0n) is 11.7. The highest BCUT2D eigenvalue weighted by molar-refractivity contribution is 5.92. The molecule has 0 spiro atoms. The fourth-order valence-corrected chi connectivity index (χ4v) is 1.82. The molecule has 0 aliphatic heterocycles. The first kappa shape index (κ1) is 14.7. The van der Waals surface area contributed by atoms with Crippen molar-refractivity contribution >= 4 is 11.6 Å². The van der Waals surface area contributed by atoms with Crippen LogP contribution in [0.3, 0.4) is 0 Å². The summed E-state index contributed by atoms with van der Waals surface area (Å²) in [6.45, 7) is 5.69. The number of carbonyl (C=O) groups excluding carboxylic acids is 1. The van der Waals surface area contributed by atoms with E-state index >= 15 is 0 Å². The second-order valence-corrected chi connectivity index (χ2v) is 4.69. The Morgan fingerprint density at radius 3 is 2.78 bits per heavy atom. The van der Waals surface area contributed by atoms with Gasteiger partial charge >= 0.3 is 0 Å². The minimum Gasteiger partial charge on any atom is -0.325 e. The number of nitrogens with zero attached hydrogens (tertiary/aromatic N) is 1. The Morgan fingerprint density at radius 1 is 1.33 bits per heavy atom. The zero-order valence-corrected chi connectivity index (χ0v) is 11.7. The van der Waals surface area contributed by atoms with E-state index < -0.39 is 0 Å². The van der Waals surface area contributed by atoms with Crippen LogP contribution in [0.4, 0.5) is 5.69 Å². The van der Waals surface area contributed by atoms with Crippen molar-refractivity contribution in [2.24, 2.45) is 0 Å². The molecule has 0 saturated carbocycles. The number of aryl methyl sites for hydroxylation is 1. The van der Waals surface area contributed by atoms with Crippen LogP contribution in [0.2, 0.25) is 0 Å². The lowest BCUT2D eigenvalue weighted by Gasteiger charge is -2.15. The van der Waals surface area contributed by atoms with E-state index in [4.69, 9.17) is 0 Å². The first-order valence-electron chi connectivity index (χ1n) is 6.73. The number of nitrogens with one attached hydrogen (secondary N) is 1. The Morgan fingerprint density at radius 2 is 2.11 bits per heavy atom. The molecule has 100 valence electrons. The summed E-state index contributed by atoms with van der Waals surface area (Å²) in [6.07, 6.45) is 3.28. The number of hydrogen-bond acceptors (Lipinski definition) is 2. The van der Waals surface area contributed by atoms with Gasteiger partial charge in [0.2, 0.25) is 5.91 Å². The van der Waals surface area contributed by atoms with Gasteiger partial charge in [-0.3, -0.25) is 9.69 Å². The first-order valence-corrected chi connectivity index (χ1v) is 6.73. The Labute approximate surface area is 110 Å². The van der Waals surface area contributed by atoms with Crippen LogP contribution < -0.4 is 5.32 Å². The van der Waals surface area contributed by atoms with Crippen LogP contribution in [0.25, 0.3) is 0 Å². The Kier molecular flexibility index (Phi) is 6.44. The quantitative estimate of drug-likeness (QED) is 0.804. The van der Waals surface area contributed by atoms with Crippen LogP contribution in [0, 0.1) is 0 Å². The summed E-state index contributed by atoms with van der Waals surface area (Å²) in [6, 6.07) is 8.02. The summed E-state index contributed by atoms with van der Waals surface area (Å²) in [7, 11) is 1.98. The highest BCUT2D eigenvalue weighted by atomic mass is 16.2. The third-order valence-electron chi connectivity index (χ3n) is 2.93. The largest absolute Gasteiger partial charge is 0.325 e. The summed E-state index contributed by atoms with van der Waals surface area (Å²) in [5.74, 6) is 0.0573. The third-order valence-corrected chi connectivity index (χ3v) is 2.93. The number of amides is 1. The van der Waals surface area contributed by atoms with Crippen molar-refractivity contribution in [3.05, 3.63) is 29.8 Å². The third kappa shape index (κ3) is 5.32. The van der Waals surface area contributed by atoms with Gasteiger partial charge in [0.05, 0.1) is 6.54 Å². The van der Waals surface area contributed by atoms with Gasteiger partial charge in [0.25, 0.3) is 0 Å². The molecule has 0 bridgehead atoms. The van der Waals surface area contributed by atoms with Crippen LogP contribution in [-0.4, -0.2) is 30.9 Å². The lowest BCUT2D eigenvalue weighted by Crippen LogP contribution is -2.30. The molecular formula is C15H24N2O. The summed E-state index contributed by atoms with van der Waals surface area (Å²) in [4.78, 5) is 13.9. The van der Waals surface area contributed by atoms with Gasteiger partial charge in [-0.05, 0) is 44.1 Å². The molecule has 18 heavy (non-hydrogen) atoms. The highest BCUT2D eigenvalue weighted by Gasteiger charge is 2.06. The smallest absolute Gasteiger partial charge is 0.238 e. The maximum absolute atomic E-state index is 11.8. The molecule has 0 fully saturated rings. The molecular weight excluding hydrogens is 224 g/mol. The lowest BCUT2D eigenvalue weighted by atomic mass is 10.1. The molecule has 0 unspecified atom stereocenters. The molecule has 1 aromatic carbocycles. The standard InChI is InChI=1S/C15H24N2O/c1-4-6-10-17(3)12-15(18)16-14-9-7-8-13(5-2)11-14/h7-9,11H,4-6,10,12H2,1-3H3,(H,16,18). The molecule has 3 heteroatoms. The maximum atomic E-state index is 11.8. The first-order chi connectivity index (χ1) is 8.65. The van der Waals surface area contributed by atoms with Crippen molar-refractivity contribution < 1.29 is 4.79 Å². The van der Waals surface area contributed by atoms with E-state index in [2.05, 4.69) is 30.1 Å². The van der Waals surface area contributed by atoms with Crippen LogP contribution in [0.5, 0.6) is 0 Å². The highest BCUT2D eigenvalue weighted by Crippen LogP contribution is 2.10. The minimum absolute atomic E-state index is 0.0573. The van der Waals surface area contributed by atoms with Crippen LogP contribution in [-0.2, 0) is 11.2 Å². The Bertz CT molecular complexity index is 377. The average molecular weight is 248 g/mol. The fourth-order valence-electron chi connectivity index (χ4n) is 1.82. The Hall–Kier alpha value is -1.35. The number of benzene rings is 1. The van der Waals surface area contributed by atoms with Crippen molar-refractivity contribution in [3.8, 4) is 0 Å².